The number of carboxylic acids is 1. The number of carboxylic acid groups (broad SMARTS) is 1. The molecule has 0 spiro atoms. The number of aliphatic carboxylic acids is 1. The Labute approximate surface area is 122 Å². The highest BCUT2D eigenvalue weighted by Gasteiger charge is 2.32. The Hall–Kier alpha value is -1.63. The summed E-state index contributed by atoms with van der Waals surface area (Å²) in [6, 6.07) is -1.52. The van der Waals surface area contributed by atoms with Crippen LogP contribution in [0.1, 0.15) is 46.2 Å². The summed E-state index contributed by atoms with van der Waals surface area (Å²) in [7, 11) is 0. The summed E-state index contributed by atoms with van der Waals surface area (Å²) in [5.41, 5.74) is 0.325. The van der Waals surface area contributed by atoms with E-state index in [1.807, 2.05) is 19.2 Å². The first-order valence-corrected chi connectivity index (χ1v) is 7.25. The van der Waals surface area contributed by atoms with Crippen LogP contribution in [0.4, 0.5) is 9.93 Å². The van der Waals surface area contributed by atoms with Crippen molar-refractivity contribution >= 4 is 28.5 Å². The number of nitrogens with one attached hydrogen (secondary N) is 2. The van der Waals surface area contributed by atoms with Gasteiger partial charge in [-0.25, -0.2) is 14.6 Å². The second-order valence-electron chi connectivity index (χ2n) is 5.97. The van der Waals surface area contributed by atoms with Crippen LogP contribution in [0.2, 0.25) is 0 Å². The summed E-state index contributed by atoms with van der Waals surface area (Å²) in [5, 5.41) is 16.5. The Morgan fingerprint density at radius 1 is 1.35 bits per heavy atom. The number of rotatable bonds is 4. The molecule has 0 bridgehead atoms. The lowest BCUT2D eigenvalue weighted by Crippen LogP contribution is -2.50. The van der Waals surface area contributed by atoms with Crippen molar-refractivity contribution in [3.8, 4) is 0 Å². The Kier molecular flexibility index (Phi) is 5.10. The molecule has 3 N–H and O–H groups in total. The number of hydrogen-bond donors (Lipinski definition) is 3. The highest BCUT2D eigenvalue weighted by Crippen LogP contribution is 2.22. The average Bonchev–Trinajstić information content (AvgIpc) is 2.72. The Balaban J connectivity index is 2.68. The summed E-state index contributed by atoms with van der Waals surface area (Å²) in [4.78, 5) is 27.3. The molecule has 6 nitrogen and oxygen atoms in total. The fourth-order valence-corrected chi connectivity index (χ4v) is 2.39. The number of urea groups is 1. The minimum Gasteiger partial charge on any atom is -0.480 e. The standard InChI is InChI=1S/C13H21N3O3S/c1-7(2)8-6-20-12(14-8)16-11(19)15-9(10(17)18)13(3,4)5/h6-7,9H,1-5H3,(H,17,18)(H2,14,15,16,19). The molecule has 1 heterocycles. The lowest BCUT2D eigenvalue weighted by molar-refractivity contribution is -0.141. The second-order valence-corrected chi connectivity index (χ2v) is 6.83. The van der Waals surface area contributed by atoms with Gasteiger partial charge < -0.3 is 10.4 Å². The topological polar surface area (TPSA) is 91.3 Å². The molecule has 7 heteroatoms. The molecule has 1 rings (SSSR count). The van der Waals surface area contributed by atoms with E-state index in [1.165, 1.54) is 11.3 Å². The van der Waals surface area contributed by atoms with Gasteiger partial charge in [0.2, 0.25) is 0 Å². The first-order valence-electron chi connectivity index (χ1n) is 6.37. The number of nitrogens with zero attached hydrogens (tertiary/aromatic N) is 1. The number of carbonyl (C=O) groups is 2. The van der Waals surface area contributed by atoms with Crippen molar-refractivity contribution < 1.29 is 14.7 Å². The molecule has 2 amide bonds. The molecule has 0 saturated heterocycles. The van der Waals surface area contributed by atoms with Crippen molar-refractivity contribution in [1.29, 1.82) is 0 Å². The number of amides is 2. The van der Waals surface area contributed by atoms with Crippen LogP contribution in [0.25, 0.3) is 0 Å². The van der Waals surface area contributed by atoms with Crippen LogP contribution < -0.4 is 10.6 Å². The molecular formula is C13H21N3O3S. The fourth-order valence-electron chi connectivity index (χ4n) is 1.52. The van der Waals surface area contributed by atoms with Gasteiger partial charge in [-0.05, 0) is 11.3 Å². The number of carbonyl (C=O) groups excluding carboxylic acids is 1. The van der Waals surface area contributed by atoms with Crippen LogP contribution in [0.15, 0.2) is 5.38 Å². The maximum atomic E-state index is 11.8. The van der Waals surface area contributed by atoms with Gasteiger partial charge in [-0.3, -0.25) is 5.32 Å². The third kappa shape index (κ3) is 4.48. The molecule has 0 radical (unpaired) electrons. The van der Waals surface area contributed by atoms with E-state index >= 15 is 0 Å². The molecule has 112 valence electrons. The van der Waals surface area contributed by atoms with Gasteiger partial charge in [0.05, 0.1) is 5.69 Å². The number of hydrogen-bond acceptors (Lipinski definition) is 4. The smallest absolute Gasteiger partial charge is 0.326 e. The summed E-state index contributed by atoms with van der Waals surface area (Å²) >= 11 is 1.32. The molecule has 0 fully saturated rings. The van der Waals surface area contributed by atoms with E-state index in [0.717, 1.165) is 5.69 Å². The molecule has 20 heavy (non-hydrogen) atoms. The average molecular weight is 299 g/mol. The van der Waals surface area contributed by atoms with E-state index in [9.17, 15) is 9.59 Å². The first kappa shape index (κ1) is 16.4. The Morgan fingerprint density at radius 2 is 1.95 bits per heavy atom. The van der Waals surface area contributed by atoms with Crippen molar-refractivity contribution in [1.82, 2.24) is 10.3 Å². The monoisotopic (exact) mass is 299 g/mol. The van der Waals surface area contributed by atoms with Gasteiger partial charge in [0.1, 0.15) is 6.04 Å². The summed E-state index contributed by atoms with van der Waals surface area (Å²) in [6.45, 7) is 9.29. The summed E-state index contributed by atoms with van der Waals surface area (Å²) in [5.74, 6) is -0.777. The van der Waals surface area contributed by atoms with E-state index in [0.29, 0.717) is 5.13 Å². The van der Waals surface area contributed by atoms with Crippen LogP contribution in [0.5, 0.6) is 0 Å². The fraction of sp³-hybridized carbons (Fsp3) is 0.615. The molecular weight excluding hydrogens is 278 g/mol. The van der Waals surface area contributed by atoms with Gasteiger partial charge in [-0.1, -0.05) is 34.6 Å². The molecule has 0 aliphatic rings. The zero-order valence-electron chi connectivity index (χ0n) is 12.4. The minimum atomic E-state index is -1.06. The van der Waals surface area contributed by atoms with Gasteiger partial charge in [0.15, 0.2) is 5.13 Å². The van der Waals surface area contributed by atoms with Gasteiger partial charge in [-0.15, -0.1) is 11.3 Å². The summed E-state index contributed by atoms with van der Waals surface area (Å²) in [6.07, 6.45) is 0. The maximum absolute atomic E-state index is 11.8. The molecule has 0 aliphatic carbocycles. The van der Waals surface area contributed by atoms with Crippen molar-refractivity contribution in [3.63, 3.8) is 0 Å². The van der Waals surface area contributed by atoms with Crippen molar-refractivity contribution in [2.45, 2.75) is 46.6 Å². The molecule has 1 aromatic rings. The molecule has 0 aromatic carbocycles. The molecule has 1 aromatic heterocycles. The normalized spacial score (nSPS) is 13.1. The van der Waals surface area contributed by atoms with Gasteiger partial charge in [-0.2, -0.15) is 0 Å². The predicted octanol–water partition coefficient (Wildman–Crippen LogP) is 2.89. The van der Waals surface area contributed by atoms with E-state index in [4.69, 9.17) is 5.11 Å². The van der Waals surface area contributed by atoms with Crippen molar-refractivity contribution in [3.05, 3.63) is 11.1 Å². The minimum absolute atomic E-state index is 0.284. The number of aromatic nitrogens is 1. The number of thiazole rings is 1. The third-order valence-electron chi connectivity index (χ3n) is 2.72. The molecule has 1 unspecified atom stereocenters. The zero-order valence-corrected chi connectivity index (χ0v) is 13.2. The van der Waals surface area contributed by atoms with E-state index in [1.54, 1.807) is 20.8 Å². The zero-order chi connectivity index (χ0) is 15.5. The van der Waals surface area contributed by atoms with Gasteiger partial charge in [0.25, 0.3) is 0 Å². The lowest BCUT2D eigenvalue weighted by atomic mass is 9.87. The summed E-state index contributed by atoms with van der Waals surface area (Å²) < 4.78 is 0. The largest absolute Gasteiger partial charge is 0.480 e. The van der Waals surface area contributed by atoms with E-state index in [-0.39, 0.29) is 5.92 Å². The highest BCUT2D eigenvalue weighted by atomic mass is 32.1. The van der Waals surface area contributed by atoms with Gasteiger partial charge in [0, 0.05) is 5.38 Å². The van der Waals surface area contributed by atoms with Crippen LogP contribution in [-0.4, -0.2) is 28.1 Å². The molecule has 0 aliphatic heterocycles. The highest BCUT2D eigenvalue weighted by molar-refractivity contribution is 7.13. The third-order valence-corrected chi connectivity index (χ3v) is 3.50. The Bertz CT molecular complexity index is 491. The Morgan fingerprint density at radius 3 is 2.35 bits per heavy atom. The predicted molar refractivity (Wildman–Crippen MR) is 79.2 cm³/mol. The van der Waals surface area contributed by atoms with Crippen LogP contribution in [0, 0.1) is 5.41 Å². The van der Waals surface area contributed by atoms with E-state index in [2.05, 4.69) is 15.6 Å². The first-order chi connectivity index (χ1) is 9.11. The lowest BCUT2D eigenvalue weighted by Gasteiger charge is -2.27. The molecule has 0 saturated carbocycles. The van der Waals surface area contributed by atoms with Crippen molar-refractivity contribution in [2.24, 2.45) is 5.41 Å². The van der Waals surface area contributed by atoms with E-state index < -0.39 is 23.5 Å². The van der Waals surface area contributed by atoms with Crippen LogP contribution in [0.3, 0.4) is 0 Å². The second kappa shape index (κ2) is 6.21. The SMILES string of the molecule is CC(C)c1csc(NC(=O)NC(C(=O)O)C(C)(C)C)n1. The van der Waals surface area contributed by atoms with Crippen LogP contribution >= 0.6 is 11.3 Å². The quantitative estimate of drug-likeness (QED) is 0.797. The van der Waals surface area contributed by atoms with Crippen molar-refractivity contribution in [2.75, 3.05) is 5.32 Å². The maximum Gasteiger partial charge on any atom is 0.326 e. The molecule has 1 atom stereocenters. The van der Waals surface area contributed by atoms with Gasteiger partial charge >= 0.3 is 12.0 Å². The van der Waals surface area contributed by atoms with Crippen LogP contribution in [-0.2, 0) is 4.79 Å². The number of anilines is 1.